The second-order valence-corrected chi connectivity index (χ2v) is 3.43. The molecule has 0 aliphatic rings. The second kappa shape index (κ2) is 4.13. The van der Waals surface area contributed by atoms with E-state index in [9.17, 15) is 4.79 Å². The van der Waals surface area contributed by atoms with Gasteiger partial charge < -0.3 is 9.88 Å². The normalized spacial score (nSPS) is 10.4. The lowest BCUT2D eigenvalue weighted by molar-refractivity contribution is 0.0941. The highest BCUT2D eigenvalue weighted by molar-refractivity contribution is 5.92. The quantitative estimate of drug-likeness (QED) is 0.748. The number of carbonyl (C=O) groups is 1. The Morgan fingerprint density at radius 1 is 1.56 bits per heavy atom. The van der Waals surface area contributed by atoms with Crippen molar-refractivity contribution < 1.29 is 4.79 Å². The van der Waals surface area contributed by atoms with Crippen molar-refractivity contribution in [1.29, 1.82) is 0 Å². The number of nitrogens with zero attached hydrogens (tertiary/aromatic N) is 4. The van der Waals surface area contributed by atoms with Crippen LogP contribution in [0.25, 0.3) is 0 Å². The predicted molar refractivity (Wildman–Crippen MR) is 55.5 cm³/mol. The van der Waals surface area contributed by atoms with Gasteiger partial charge in [-0.05, 0) is 19.1 Å². The monoisotopic (exact) mass is 220 g/mol. The Hall–Kier alpha value is -2.18. The number of hydrogen-bond acceptors (Lipinski definition) is 4. The van der Waals surface area contributed by atoms with Crippen molar-refractivity contribution in [2.24, 2.45) is 7.05 Å². The van der Waals surface area contributed by atoms with E-state index in [2.05, 4.69) is 25.9 Å². The van der Waals surface area contributed by atoms with Crippen molar-refractivity contribution in [3.8, 4) is 0 Å². The molecule has 7 nitrogen and oxygen atoms in total. The van der Waals surface area contributed by atoms with Gasteiger partial charge in [0.1, 0.15) is 5.69 Å². The standard InChI is InChI=1S/C9H12N6O/c1-6-3-4-7(15(6)2)9(16)10-5-8-11-13-14-12-8/h3-4H,5H2,1-2H3,(H,10,16)(H,11,12,13,14). The summed E-state index contributed by atoms with van der Waals surface area (Å²) in [5.74, 6) is 0.305. The third kappa shape index (κ3) is 1.92. The maximum atomic E-state index is 11.8. The van der Waals surface area contributed by atoms with Crippen LogP contribution < -0.4 is 5.32 Å². The SMILES string of the molecule is Cc1ccc(C(=O)NCc2nn[nH]n2)n1C. The minimum absolute atomic E-state index is 0.152. The summed E-state index contributed by atoms with van der Waals surface area (Å²) in [6.07, 6.45) is 0. The fourth-order valence-corrected chi connectivity index (χ4v) is 1.35. The van der Waals surface area contributed by atoms with Gasteiger partial charge in [-0.25, -0.2) is 0 Å². The molecule has 0 radical (unpaired) electrons. The average Bonchev–Trinajstić information content (AvgIpc) is 2.88. The van der Waals surface area contributed by atoms with Gasteiger partial charge in [0.25, 0.3) is 5.91 Å². The molecule has 0 saturated carbocycles. The summed E-state index contributed by atoms with van der Waals surface area (Å²) in [4.78, 5) is 11.8. The lowest BCUT2D eigenvalue weighted by Gasteiger charge is -2.04. The number of amides is 1. The van der Waals surface area contributed by atoms with Gasteiger partial charge in [-0.15, -0.1) is 10.2 Å². The minimum atomic E-state index is -0.152. The number of tetrazole rings is 1. The molecule has 1 amide bonds. The van der Waals surface area contributed by atoms with E-state index >= 15 is 0 Å². The Morgan fingerprint density at radius 2 is 2.38 bits per heavy atom. The minimum Gasteiger partial charge on any atom is -0.344 e. The molecule has 2 aromatic rings. The predicted octanol–water partition coefficient (Wildman–Crippen LogP) is -0.223. The summed E-state index contributed by atoms with van der Waals surface area (Å²) >= 11 is 0. The van der Waals surface area contributed by atoms with Crippen LogP contribution in [0.2, 0.25) is 0 Å². The number of aromatic amines is 1. The van der Waals surface area contributed by atoms with Gasteiger partial charge in [0.05, 0.1) is 6.54 Å². The molecule has 0 bridgehead atoms. The highest BCUT2D eigenvalue weighted by atomic mass is 16.1. The van der Waals surface area contributed by atoms with Gasteiger partial charge >= 0.3 is 0 Å². The fourth-order valence-electron chi connectivity index (χ4n) is 1.35. The van der Waals surface area contributed by atoms with Crippen LogP contribution in [0.1, 0.15) is 22.0 Å². The molecule has 0 aromatic carbocycles. The van der Waals surface area contributed by atoms with Gasteiger partial charge in [-0.1, -0.05) is 5.21 Å². The Bertz CT molecular complexity index is 486. The first-order valence-corrected chi connectivity index (χ1v) is 4.81. The first-order valence-electron chi connectivity index (χ1n) is 4.81. The maximum absolute atomic E-state index is 11.8. The Morgan fingerprint density at radius 3 is 2.94 bits per heavy atom. The van der Waals surface area contributed by atoms with Crippen molar-refractivity contribution >= 4 is 5.91 Å². The Labute approximate surface area is 91.9 Å². The summed E-state index contributed by atoms with van der Waals surface area (Å²) in [6, 6.07) is 3.67. The topological polar surface area (TPSA) is 88.5 Å². The third-order valence-electron chi connectivity index (χ3n) is 2.40. The van der Waals surface area contributed by atoms with Crippen LogP contribution >= 0.6 is 0 Å². The van der Waals surface area contributed by atoms with E-state index < -0.39 is 0 Å². The van der Waals surface area contributed by atoms with E-state index in [-0.39, 0.29) is 12.5 Å². The van der Waals surface area contributed by atoms with Crippen LogP contribution in [-0.4, -0.2) is 31.1 Å². The second-order valence-electron chi connectivity index (χ2n) is 3.43. The Kier molecular flexibility index (Phi) is 2.67. The highest BCUT2D eigenvalue weighted by Gasteiger charge is 2.10. The van der Waals surface area contributed by atoms with Gasteiger partial charge in [0, 0.05) is 12.7 Å². The maximum Gasteiger partial charge on any atom is 0.268 e. The van der Waals surface area contributed by atoms with E-state index in [4.69, 9.17) is 0 Å². The van der Waals surface area contributed by atoms with Gasteiger partial charge in [-0.3, -0.25) is 4.79 Å². The molecule has 0 unspecified atom stereocenters. The Balaban J connectivity index is 2.01. The summed E-state index contributed by atoms with van der Waals surface area (Å²) in [5.41, 5.74) is 1.64. The van der Waals surface area contributed by atoms with E-state index in [0.717, 1.165) is 5.69 Å². The first kappa shape index (κ1) is 10.3. The largest absolute Gasteiger partial charge is 0.344 e. The molecule has 2 heterocycles. The van der Waals surface area contributed by atoms with Crippen LogP contribution in [0.5, 0.6) is 0 Å². The smallest absolute Gasteiger partial charge is 0.268 e. The van der Waals surface area contributed by atoms with E-state index in [1.54, 1.807) is 6.07 Å². The molecule has 0 aliphatic carbocycles. The number of nitrogens with one attached hydrogen (secondary N) is 2. The van der Waals surface area contributed by atoms with E-state index in [0.29, 0.717) is 11.5 Å². The molecule has 2 rings (SSSR count). The highest BCUT2D eigenvalue weighted by Crippen LogP contribution is 2.05. The van der Waals surface area contributed by atoms with Crippen LogP contribution in [0.3, 0.4) is 0 Å². The zero-order valence-electron chi connectivity index (χ0n) is 9.06. The van der Waals surface area contributed by atoms with Gasteiger partial charge in [0.15, 0.2) is 5.82 Å². The summed E-state index contributed by atoms with van der Waals surface area (Å²) in [7, 11) is 1.85. The van der Waals surface area contributed by atoms with Crippen LogP contribution in [0, 0.1) is 6.92 Å². The third-order valence-corrected chi connectivity index (χ3v) is 2.40. The zero-order chi connectivity index (χ0) is 11.5. The fraction of sp³-hybridized carbons (Fsp3) is 0.333. The van der Waals surface area contributed by atoms with Gasteiger partial charge in [-0.2, -0.15) is 5.21 Å². The molecule has 16 heavy (non-hydrogen) atoms. The van der Waals surface area contributed by atoms with Crippen molar-refractivity contribution in [2.45, 2.75) is 13.5 Å². The van der Waals surface area contributed by atoms with Crippen molar-refractivity contribution in [3.05, 3.63) is 29.3 Å². The lowest BCUT2D eigenvalue weighted by Crippen LogP contribution is -2.25. The number of H-pyrrole nitrogens is 1. The molecule has 0 spiro atoms. The van der Waals surface area contributed by atoms with Crippen LogP contribution in [-0.2, 0) is 13.6 Å². The molecule has 0 saturated heterocycles. The average molecular weight is 220 g/mol. The van der Waals surface area contributed by atoms with Crippen LogP contribution in [0.4, 0.5) is 0 Å². The van der Waals surface area contributed by atoms with E-state index in [1.165, 1.54) is 0 Å². The molecule has 2 aromatic heterocycles. The summed E-state index contributed by atoms with van der Waals surface area (Å²) in [6.45, 7) is 2.20. The molecule has 84 valence electrons. The molecule has 7 heteroatoms. The summed E-state index contributed by atoms with van der Waals surface area (Å²) in [5, 5.41) is 15.9. The van der Waals surface area contributed by atoms with E-state index in [1.807, 2.05) is 24.6 Å². The van der Waals surface area contributed by atoms with Crippen LogP contribution in [0.15, 0.2) is 12.1 Å². The zero-order valence-corrected chi connectivity index (χ0v) is 9.06. The molecule has 0 atom stereocenters. The summed E-state index contributed by atoms with van der Waals surface area (Å²) < 4.78 is 1.82. The molecular weight excluding hydrogens is 208 g/mol. The molecule has 0 aliphatic heterocycles. The first-order chi connectivity index (χ1) is 7.68. The number of carbonyl (C=O) groups excluding carboxylic acids is 1. The molecule has 0 fully saturated rings. The lowest BCUT2D eigenvalue weighted by atomic mass is 10.4. The van der Waals surface area contributed by atoms with Crippen molar-refractivity contribution in [3.63, 3.8) is 0 Å². The van der Waals surface area contributed by atoms with Crippen molar-refractivity contribution in [1.82, 2.24) is 30.5 Å². The van der Waals surface area contributed by atoms with Crippen molar-refractivity contribution in [2.75, 3.05) is 0 Å². The van der Waals surface area contributed by atoms with Gasteiger partial charge in [0.2, 0.25) is 0 Å². The number of aryl methyl sites for hydroxylation is 1. The number of rotatable bonds is 3. The molecular formula is C9H12N6O. The molecule has 2 N–H and O–H groups in total. The number of aromatic nitrogens is 5. The number of hydrogen-bond donors (Lipinski definition) is 2.